The average Bonchev–Trinajstić information content (AvgIpc) is 2.70. The normalized spacial score (nSPS) is 25.4. The third-order valence-corrected chi connectivity index (χ3v) is 8.98. The smallest absolute Gasteiger partial charge is 0.348 e. The van der Waals surface area contributed by atoms with Crippen LogP contribution in [0.1, 0.15) is 17.9 Å². The van der Waals surface area contributed by atoms with Crippen molar-refractivity contribution in [2.24, 2.45) is 0 Å². The Morgan fingerprint density at radius 1 is 1.05 bits per heavy atom. The van der Waals surface area contributed by atoms with Gasteiger partial charge in [-0.25, -0.2) is 0 Å². The van der Waals surface area contributed by atoms with E-state index in [9.17, 15) is 0 Å². The Morgan fingerprint density at radius 2 is 1.71 bits per heavy atom. The van der Waals surface area contributed by atoms with Crippen LogP contribution in [0, 0.1) is 0 Å². The maximum Gasteiger partial charge on any atom is 0.348 e. The molecule has 0 aliphatic carbocycles. The number of anilines is 1. The standard InChI is InChI=1S/C17H29N2Si2/c1-20(2,3)18-12-11-15-14-9-7-8-10-16(14)19(17(15)13-18)21(4,5)6/h7-10,13,15,17H,11-12H2,1-6H3/q+1. The van der Waals surface area contributed by atoms with E-state index in [0.717, 1.165) is 0 Å². The Kier molecular flexibility index (Phi) is 3.45. The maximum atomic E-state index is 2.79. The highest BCUT2D eigenvalue weighted by Crippen LogP contribution is 2.45. The van der Waals surface area contributed by atoms with Crippen LogP contribution in [0.5, 0.6) is 0 Å². The van der Waals surface area contributed by atoms with E-state index in [1.165, 1.54) is 18.7 Å². The first-order chi connectivity index (χ1) is 9.69. The molecule has 114 valence electrons. The minimum atomic E-state index is -1.38. The number of benzene rings is 1. The summed E-state index contributed by atoms with van der Waals surface area (Å²) in [6.07, 6.45) is 3.90. The molecule has 0 aromatic heterocycles. The molecule has 4 heteroatoms. The first-order valence-electron chi connectivity index (χ1n) is 8.19. The van der Waals surface area contributed by atoms with Gasteiger partial charge in [0.25, 0.3) is 0 Å². The van der Waals surface area contributed by atoms with Gasteiger partial charge >= 0.3 is 8.24 Å². The summed E-state index contributed by atoms with van der Waals surface area (Å²) in [4.78, 5) is 0. The minimum Gasteiger partial charge on any atom is -0.386 e. The van der Waals surface area contributed by atoms with Crippen LogP contribution in [0.15, 0.2) is 24.3 Å². The summed E-state index contributed by atoms with van der Waals surface area (Å²) in [6, 6.07) is 9.73. The first kappa shape index (κ1) is 15.0. The Balaban J connectivity index is 2.10. The van der Waals surface area contributed by atoms with Gasteiger partial charge in [-0.05, 0) is 31.3 Å². The summed E-state index contributed by atoms with van der Waals surface area (Å²) in [5.74, 6) is 0.709. The van der Waals surface area contributed by atoms with Crippen molar-refractivity contribution in [3.05, 3.63) is 29.8 Å². The van der Waals surface area contributed by atoms with Crippen molar-refractivity contribution >= 4 is 28.4 Å². The number of hydrogen-bond acceptors (Lipinski definition) is 1. The van der Waals surface area contributed by atoms with Crippen LogP contribution in [-0.4, -0.2) is 39.5 Å². The summed E-state index contributed by atoms with van der Waals surface area (Å²) < 4.78 is 5.49. The fraction of sp³-hybridized carbons (Fsp3) is 0.588. The summed E-state index contributed by atoms with van der Waals surface area (Å²) in [7, 11) is -2.62. The fourth-order valence-corrected chi connectivity index (χ4v) is 7.41. The topological polar surface area (TPSA) is 6.25 Å². The van der Waals surface area contributed by atoms with E-state index in [0.29, 0.717) is 12.0 Å². The van der Waals surface area contributed by atoms with Gasteiger partial charge in [0.1, 0.15) is 27.0 Å². The second kappa shape index (κ2) is 4.81. The highest BCUT2D eigenvalue weighted by atomic mass is 28.3. The molecule has 0 saturated carbocycles. The molecule has 2 nitrogen and oxygen atoms in total. The van der Waals surface area contributed by atoms with E-state index in [1.807, 2.05) is 0 Å². The van der Waals surface area contributed by atoms with Crippen LogP contribution >= 0.6 is 0 Å². The van der Waals surface area contributed by atoms with Gasteiger partial charge in [-0.15, -0.1) is 0 Å². The maximum absolute atomic E-state index is 2.79. The zero-order valence-electron chi connectivity index (χ0n) is 14.4. The van der Waals surface area contributed by atoms with Crippen LogP contribution in [0.3, 0.4) is 0 Å². The van der Waals surface area contributed by atoms with Crippen molar-refractivity contribution in [3.8, 4) is 0 Å². The molecule has 2 aliphatic rings. The third kappa shape index (κ3) is 2.53. The highest BCUT2D eigenvalue weighted by Gasteiger charge is 2.48. The van der Waals surface area contributed by atoms with Gasteiger partial charge in [0.05, 0.1) is 0 Å². The number of nitrogens with zero attached hydrogens (tertiary/aromatic N) is 2. The summed E-state index contributed by atoms with van der Waals surface area (Å²) in [6.45, 7) is 16.1. The first-order valence-corrected chi connectivity index (χ1v) is 15.1. The van der Waals surface area contributed by atoms with Crippen molar-refractivity contribution in [3.63, 3.8) is 0 Å². The second-order valence-corrected chi connectivity index (χ2v) is 18.2. The molecule has 2 atom stereocenters. The molecular formula is C17H29N2Si2+. The predicted molar refractivity (Wildman–Crippen MR) is 98.0 cm³/mol. The van der Waals surface area contributed by atoms with Gasteiger partial charge in [0.2, 0.25) is 0 Å². The van der Waals surface area contributed by atoms with Crippen LogP contribution in [0.4, 0.5) is 5.69 Å². The number of hydrogen-bond donors (Lipinski definition) is 0. The van der Waals surface area contributed by atoms with Crippen molar-refractivity contribution < 1.29 is 4.24 Å². The van der Waals surface area contributed by atoms with Crippen molar-refractivity contribution in [1.29, 1.82) is 0 Å². The molecule has 0 fully saturated rings. The predicted octanol–water partition coefficient (Wildman–Crippen LogP) is 4.12. The minimum absolute atomic E-state index is 0.592. The lowest BCUT2D eigenvalue weighted by atomic mass is 9.91. The lowest BCUT2D eigenvalue weighted by Gasteiger charge is -2.39. The van der Waals surface area contributed by atoms with Crippen LogP contribution in [-0.2, 0) is 0 Å². The van der Waals surface area contributed by atoms with Gasteiger partial charge in [0.15, 0.2) is 0 Å². The lowest BCUT2D eigenvalue weighted by Crippen LogP contribution is -2.56. The third-order valence-electron chi connectivity index (χ3n) is 4.90. The molecule has 1 aromatic carbocycles. The van der Waals surface area contributed by atoms with Crippen molar-refractivity contribution in [1.82, 2.24) is 0 Å². The Labute approximate surface area is 131 Å². The Bertz CT molecular complexity index is 581. The van der Waals surface area contributed by atoms with Gasteiger partial charge in [-0.2, -0.15) is 0 Å². The van der Waals surface area contributed by atoms with E-state index < -0.39 is 16.5 Å². The summed E-state index contributed by atoms with van der Waals surface area (Å²) in [5, 5.41) is 0. The molecular weight excluding hydrogens is 288 g/mol. The molecule has 1 aromatic rings. The van der Waals surface area contributed by atoms with Gasteiger partial charge < -0.3 is 8.81 Å². The number of fused-ring (bicyclic) bond motifs is 3. The SMILES string of the molecule is C[Si](C)(C)N1c2ccccc2C2CC[N+]([Si](C)(C)C)=CC21. The molecule has 3 rings (SSSR count). The Morgan fingerprint density at radius 3 is 2.33 bits per heavy atom. The molecule has 0 amide bonds. The summed E-state index contributed by atoms with van der Waals surface area (Å²) in [5.41, 5.74) is 3.11. The molecule has 0 saturated heterocycles. The zero-order valence-corrected chi connectivity index (χ0v) is 16.4. The summed E-state index contributed by atoms with van der Waals surface area (Å²) >= 11 is 0. The second-order valence-electron chi connectivity index (χ2n) is 8.50. The molecule has 0 radical (unpaired) electrons. The number of rotatable bonds is 2. The van der Waals surface area contributed by atoms with Crippen LogP contribution < -0.4 is 4.57 Å². The van der Waals surface area contributed by atoms with Gasteiger partial charge in [-0.1, -0.05) is 37.8 Å². The van der Waals surface area contributed by atoms with Gasteiger partial charge in [-0.3, -0.25) is 0 Å². The van der Waals surface area contributed by atoms with Crippen LogP contribution in [0.25, 0.3) is 0 Å². The van der Waals surface area contributed by atoms with E-state index in [1.54, 1.807) is 5.56 Å². The molecule has 2 heterocycles. The highest BCUT2D eigenvalue weighted by molar-refractivity contribution is 6.80. The van der Waals surface area contributed by atoms with E-state index in [4.69, 9.17) is 0 Å². The van der Waals surface area contributed by atoms with Crippen molar-refractivity contribution in [2.75, 3.05) is 11.1 Å². The van der Waals surface area contributed by atoms with E-state index in [-0.39, 0.29) is 0 Å². The number of para-hydroxylation sites is 1. The zero-order chi connectivity index (χ0) is 15.4. The molecule has 0 N–H and O–H groups in total. The largest absolute Gasteiger partial charge is 0.386 e. The lowest BCUT2D eigenvalue weighted by molar-refractivity contribution is -0.402. The van der Waals surface area contributed by atoms with E-state index in [2.05, 4.69) is 78.6 Å². The van der Waals surface area contributed by atoms with E-state index >= 15 is 0 Å². The molecule has 21 heavy (non-hydrogen) atoms. The average molecular weight is 318 g/mol. The molecule has 2 aliphatic heterocycles. The molecule has 2 unspecified atom stereocenters. The van der Waals surface area contributed by atoms with Crippen molar-refractivity contribution in [2.45, 2.75) is 57.7 Å². The molecule has 0 bridgehead atoms. The quantitative estimate of drug-likeness (QED) is 0.744. The molecule has 0 spiro atoms. The fourth-order valence-electron chi connectivity index (χ4n) is 3.95. The van der Waals surface area contributed by atoms with Gasteiger partial charge in [0, 0.05) is 18.0 Å². The monoisotopic (exact) mass is 317 g/mol. The van der Waals surface area contributed by atoms with Crippen LogP contribution in [0.2, 0.25) is 39.3 Å². The Hall–Kier alpha value is -0.876.